The van der Waals surface area contributed by atoms with Gasteiger partial charge in [-0.3, -0.25) is 0 Å². The first-order valence-electron chi connectivity index (χ1n) is 29.7. The summed E-state index contributed by atoms with van der Waals surface area (Å²) in [5.74, 6) is 0. The van der Waals surface area contributed by atoms with Crippen molar-refractivity contribution in [2.45, 2.75) is 172 Å². The van der Waals surface area contributed by atoms with Crippen molar-refractivity contribution in [2.75, 3.05) is 7.11 Å². The Morgan fingerprint density at radius 2 is 0.802 bits per heavy atom. The lowest BCUT2D eigenvalue weighted by atomic mass is 10.1. The van der Waals surface area contributed by atoms with Crippen molar-refractivity contribution < 1.29 is 33.2 Å². The van der Waals surface area contributed by atoms with Crippen molar-refractivity contribution in [1.82, 2.24) is 0 Å². The normalized spacial score (nSPS) is 18.3. The van der Waals surface area contributed by atoms with Crippen LogP contribution in [0.5, 0.6) is 0 Å². The molecule has 0 saturated carbocycles. The highest BCUT2D eigenvalue weighted by Gasteiger charge is 2.70. The van der Waals surface area contributed by atoms with E-state index in [9.17, 15) is 0 Å². The molecule has 5 aromatic carbocycles. The third kappa shape index (κ3) is 17.2. The molecule has 1 fully saturated rings. The molecule has 1 aliphatic heterocycles. The highest BCUT2D eigenvalue weighted by Crippen LogP contribution is 2.69. The maximum absolute atomic E-state index is 8.28. The van der Waals surface area contributed by atoms with Crippen molar-refractivity contribution in [1.29, 1.82) is 0 Å². The molecular formula is C62H102O8Si11. The number of benzene rings is 5. The Bertz CT molecular complexity index is 2690. The molecule has 1 aliphatic rings. The van der Waals surface area contributed by atoms with Crippen LogP contribution in [-0.2, 0) is 33.2 Å². The molecule has 0 amide bonds. The molecule has 1 heterocycles. The van der Waals surface area contributed by atoms with Crippen molar-refractivity contribution in [3.05, 3.63) is 176 Å². The monoisotopic (exact) mass is 1280 g/mol. The fourth-order valence-corrected chi connectivity index (χ4v) is 59.3. The van der Waals surface area contributed by atoms with Gasteiger partial charge in [0.05, 0.1) is 0 Å². The van der Waals surface area contributed by atoms with Crippen LogP contribution in [0.2, 0.25) is 139 Å². The van der Waals surface area contributed by atoms with Crippen LogP contribution < -0.4 is 25.9 Å². The SMILES string of the molecule is C=C[Si](C)(C)O[Si](O[Si](C)(C)C=C)(O[Si](C)(C)CCC1(CC)C[Si]1(C)O[Si](O[Si](C)(C)CC[Si](C)(C)O[Si](O[Si](C)(C)CCC(C)[Si](C)(C)OC)(c1ccccc1)c1ccccc1)(c1ccccc1)c1ccccc1)c1ccccc1. The van der Waals surface area contributed by atoms with Crippen LogP contribution in [0.4, 0.5) is 0 Å². The van der Waals surface area contributed by atoms with Crippen LogP contribution in [0.15, 0.2) is 176 Å². The Labute approximate surface area is 503 Å². The van der Waals surface area contributed by atoms with Crippen LogP contribution in [0.3, 0.4) is 0 Å². The minimum absolute atomic E-state index is 0.0447. The van der Waals surface area contributed by atoms with Gasteiger partial charge in [0.25, 0.3) is 0 Å². The van der Waals surface area contributed by atoms with Gasteiger partial charge in [-0.2, -0.15) is 0 Å². The van der Waals surface area contributed by atoms with Crippen molar-refractivity contribution in [3.8, 4) is 0 Å². The molecule has 1 saturated heterocycles. The molecule has 442 valence electrons. The van der Waals surface area contributed by atoms with Gasteiger partial charge in [-0.05, 0) is 166 Å². The van der Waals surface area contributed by atoms with Crippen molar-refractivity contribution in [3.63, 3.8) is 0 Å². The van der Waals surface area contributed by atoms with Crippen LogP contribution in [0.25, 0.3) is 0 Å². The molecule has 0 aromatic heterocycles. The predicted molar refractivity (Wildman–Crippen MR) is 372 cm³/mol. The fourth-order valence-electron chi connectivity index (χ4n) is 11.2. The van der Waals surface area contributed by atoms with E-state index in [4.69, 9.17) is 33.2 Å². The average Bonchev–Trinajstić information content (AvgIpc) is 4.25. The summed E-state index contributed by atoms with van der Waals surface area (Å²) >= 11 is 0. The number of hydrogen-bond donors (Lipinski definition) is 0. The fraction of sp³-hybridized carbons (Fsp3) is 0.452. The maximum atomic E-state index is 8.28. The highest BCUT2D eigenvalue weighted by atomic mass is 28.5. The lowest BCUT2D eigenvalue weighted by Crippen LogP contribution is -2.70. The first-order chi connectivity index (χ1) is 37.7. The van der Waals surface area contributed by atoms with Gasteiger partial charge >= 0.3 is 25.9 Å². The highest BCUT2D eigenvalue weighted by molar-refractivity contribution is 7.06. The van der Waals surface area contributed by atoms with E-state index in [-0.39, 0.29) is 5.04 Å². The van der Waals surface area contributed by atoms with Gasteiger partial charge in [0.1, 0.15) is 0 Å². The zero-order valence-electron chi connectivity index (χ0n) is 53.0. The molecule has 3 unspecified atom stereocenters. The van der Waals surface area contributed by atoms with Crippen LogP contribution >= 0.6 is 0 Å². The van der Waals surface area contributed by atoms with Crippen LogP contribution in [0.1, 0.15) is 33.1 Å². The summed E-state index contributed by atoms with van der Waals surface area (Å²) in [5.41, 5.74) is 4.51. The van der Waals surface area contributed by atoms with E-state index in [0.717, 1.165) is 54.7 Å². The molecular weight excluding hydrogens is 1180 g/mol. The van der Waals surface area contributed by atoms with Gasteiger partial charge in [-0.25, -0.2) is 0 Å². The van der Waals surface area contributed by atoms with E-state index in [2.05, 4.69) is 277 Å². The molecule has 81 heavy (non-hydrogen) atoms. The maximum Gasteiger partial charge on any atom is 0.506 e. The zero-order valence-corrected chi connectivity index (χ0v) is 64.0. The van der Waals surface area contributed by atoms with Crippen LogP contribution in [-0.4, -0.2) is 99.6 Å². The lowest BCUT2D eigenvalue weighted by molar-refractivity contribution is 0.273. The van der Waals surface area contributed by atoms with E-state index in [0.29, 0.717) is 5.54 Å². The summed E-state index contributed by atoms with van der Waals surface area (Å²) < 4.78 is 60.8. The molecule has 0 radical (unpaired) electrons. The van der Waals surface area contributed by atoms with Gasteiger partial charge < -0.3 is 33.2 Å². The van der Waals surface area contributed by atoms with Gasteiger partial charge in [-0.1, -0.05) is 190 Å². The van der Waals surface area contributed by atoms with Gasteiger partial charge in [0.15, 0.2) is 49.9 Å². The Morgan fingerprint density at radius 1 is 0.469 bits per heavy atom. The molecule has 0 bridgehead atoms. The average molecular weight is 1280 g/mol. The topological polar surface area (TPSA) is 73.8 Å². The summed E-state index contributed by atoms with van der Waals surface area (Å²) in [5, 5.41) is 5.75. The number of hydrogen-bond acceptors (Lipinski definition) is 8. The molecule has 6 rings (SSSR count). The smallest absolute Gasteiger partial charge is 0.430 e. The van der Waals surface area contributed by atoms with E-state index in [1.165, 1.54) is 20.7 Å². The number of rotatable bonds is 33. The lowest BCUT2D eigenvalue weighted by Gasteiger charge is -2.45. The zero-order chi connectivity index (χ0) is 59.9. The Kier molecular flexibility index (Phi) is 22.4. The van der Waals surface area contributed by atoms with E-state index < -0.39 is 92.5 Å². The third-order valence-electron chi connectivity index (χ3n) is 17.3. The predicted octanol–water partition coefficient (Wildman–Crippen LogP) is 14.9. The summed E-state index contributed by atoms with van der Waals surface area (Å²) in [4.78, 5) is 0. The standard InChI is InChI=1S/C62H102O8Si11/c1-21-62(50-52-74(12,13)69-81(67-71(6,7)22-2,68-72(8,9)23-3)61-47-37-28-38-48-61)55-78(62,20)70-80(59-43-33-26-34-44-59,60-45-35-27-36-46-60)66-76(16,17)54-53-75(14,15)65-79(57-39-29-24-30-40-57,58-41-31-25-32-42-58)64-73(10,11)51-49-56(4)77(18,19)63-5/h22-48,56H,2-3,21,49-55H2,1,4-20H3. The second-order valence-corrected chi connectivity index (χ2v) is 71.2. The summed E-state index contributed by atoms with van der Waals surface area (Å²) in [6.45, 7) is 48.4. The van der Waals surface area contributed by atoms with E-state index >= 15 is 0 Å². The molecule has 0 N–H and O–H groups in total. The van der Waals surface area contributed by atoms with E-state index in [1.807, 2.05) is 18.5 Å². The van der Waals surface area contributed by atoms with Crippen molar-refractivity contribution >= 4 is 118 Å². The third-order valence-corrected chi connectivity index (χ3v) is 61.4. The first-order valence-corrected chi connectivity index (χ1v) is 59.1. The summed E-state index contributed by atoms with van der Waals surface area (Å²) in [6.07, 6.45) is 3.14. The second-order valence-electron chi connectivity index (χ2n) is 27.3. The molecule has 5 aromatic rings. The van der Waals surface area contributed by atoms with Crippen molar-refractivity contribution in [2.24, 2.45) is 0 Å². The summed E-state index contributed by atoms with van der Waals surface area (Å²) in [6, 6.07) is 59.3. The Balaban J connectivity index is 1.33. The van der Waals surface area contributed by atoms with Gasteiger partial charge in [-0.15, -0.1) is 13.2 Å². The Morgan fingerprint density at radius 3 is 1.16 bits per heavy atom. The quantitative estimate of drug-likeness (QED) is 0.0385. The summed E-state index contributed by atoms with van der Waals surface area (Å²) in [7, 11) is -27.4. The molecule has 0 spiro atoms. The van der Waals surface area contributed by atoms with Crippen LogP contribution in [0, 0.1) is 0 Å². The molecule has 0 aliphatic carbocycles. The molecule has 8 nitrogen and oxygen atoms in total. The first kappa shape index (κ1) is 67.8. The molecule has 19 heteroatoms. The minimum Gasteiger partial charge on any atom is -0.430 e. The van der Waals surface area contributed by atoms with Gasteiger partial charge in [0, 0.05) is 12.3 Å². The minimum atomic E-state index is -3.49. The Hall–Kier alpha value is -2.35. The van der Waals surface area contributed by atoms with E-state index in [1.54, 1.807) is 0 Å². The second kappa shape index (κ2) is 26.7. The van der Waals surface area contributed by atoms with Gasteiger partial charge in [0.2, 0.25) is 16.6 Å². The largest absolute Gasteiger partial charge is 0.506 e. The molecule has 3 atom stereocenters.